The van der Waals surface area contributed by atoms with Gasteiger partial charge in [0.05, 0.1) is 0 Å². The smallest absolute Gasteiger partial charge is 0.0466 e. The van der Waals surface area contributed by atoms with Crippen molar-refractivity contribution in [3.05, 3.63) is 44.8 Å². The van der Waals surface area contributed by atoms with E-state index in [-0.39, 0.29) is 51.2 Å². The summed E-state index contributed by atoms with van der Waals surface area (Å²) >= 11 is 0. The molecule has 0 aromatic heterocycles. The Bertz CT molecular complexity index is 708. The number of allylic oxidation sites excluding steroid dienone is 8. The van der Waals surface area contributed by atoms with Gasteiger partial charge in [-0.2, -0.15) is 11.1 Å². The molecule has 3 rings (SSSR count). The summed E-state index contributed by atoms with van der Waals surface area (Å²) in [5, 5.41) is 3.07. The number of rotatable bonds is 2. The van der Waals surface area contributed by atoms with Gasteiger partial charge in [0.15, 0.2) is 0 Å². The van der Waals surface area contributed by atoms with Crippen LogP contribution in [-0.2, 0) is 4.74 Å². The first kappa shape index (κ1) is 32.7. The molecule has 32 heavy (non-hydrogen) atoms. The maximum atomic E-state index is 4.94. The van der Waals surface area contributed by atoms with E-state index < -0.39 is 16.1 Å². The van der Waals surface area contributed by atoms with Crippen LogP contribution in [0.5, 0.6) is 0 Å². The zero-order chi connectivity index (χ0) is 24.4. The van der Waals surface area contributed by atoms with Crippen LogP contribution < -0.4 is 0 Å². The molecule has 184 valence electrons. The van der Waals surface area contributed by atoms with E-state index in [0.717, 1.165) is 13.2 Å². The van der Waals surface area contributed by atoms with Gasteiger partial charge in [-0.1, -0.05) is 91.7 Å². The average molecular weight is 609 g/mol. The van der Waals surface area contributed by atoms with E-state index in [4.69, 9.17) is 4.74 Å². The molecule has 0 aromatic rings. The molecule has 0 unspecified atom stereocenters. The van der Waals surface area contributed by atoms with Gasteiger partial charge in [-0.3, -0.25) is 12.2 Å². The normalized spacial score (nSPS) is 21.8. The molecule has 1 heterocycles. The van der Waals surface area contributed by atoms with Crippen LogP contribution in [0.4, 0.5) is 0 Å². The van der Waals surface area contributed by atoms with Crippen molar-refractivity contribution in [2.45, 2.75) is 108 Å². The third-order valence-electron chi connectivity index (χ3n) is 6.95. The summed E-state index contributed by atoms with van der Waals surface area (Å²) in [6.07, 6.45) is 9.90. The van der Waals surface area contributed by atoms with Gasteiger partial charge in [0.25, 0.3) is 0 Å². The second-order valence-corrected chi connectivity index (χ2v) is 22.6. The minimum atomic E-state index is -1.17. The topological polar surface area (TPSA) is 9.23 Å². The number of hydrogen-bond acceptors (Lipinski definition) is 1. The molecule has 1 fully saturated rings. The molecule has 0 atom stereocenters. The van der Waals surface area contributed by atoms with Crippen LogP contribution in [-0.4, -0.2) is 29.4 Å². The fourth-order valence-corrected chi connectivity index (χ4v) is 8.32. The van der Waals surface area contributed by atoms with E-state index >= 15 is 0 Å². The minimum absolute atomic E-state index is 0. The van der Waals surface area contributed by atoms with Gasteiger partial charge in [-0.25, -0.2) is 21.5 Å². The van der Waals surface area contributed by atoms with Crippen LogP contribution in [0.15, 0.2) is 32.7 Å². The molecule has 2 aliphatic carbocycles. The van der Waals surface area contributed by atoms with E-state index in [1.807, 2.05) is 0 Å². The van der Waals surface area contributed by atoms with Gasteiger partial charge in [-0.05, 0) is 12.8 Å². The third-order valence-corrected chi connectivity index (χ3v) is 11.0. The average Bonchev–Trinajstić information content (AvgIpc) is 3.30. The molecule has 0 bridgehead atoms. The van der Waals surface area contributed by atoms with Crippen LogP contribution in [0.1, 0.15) is 68.2 Å². The Labute approximate surface area is 235 Å². The first-order chi connectivity index (χ1) is 13.8. The molecular weight excluding hydrogens is 559 g/mol. The fourth-order valence-electron chi connectivity index (χ4n) is 4.32. The monoisotopic (exact) mass is 610 g/mol. The Hall–Kier alpha value is 0.691. The SMILES string of the molecule is C1CCOC1.CC1=C(C)C(C)(C)[C-]=C1[Si](C)(C)C.CC1=C(C)C(C)(C)[C-]=C1[Si](C)(C)C.[Sm]. The maximum Gasteiger partial charge on any atom is 0.0466 e. The summed E-state index contributed by atoms with van der Waals surface area (Å²) in [5.74, 6) is 0. The molecule has 3 aliphatic rings. The van der Waals surface area contributed by atoms with Crippen LogP contribution in [0.25, 0.3) is 0 Å². The van der Waals surface area contributed by atoms with Crippen LogP contribution >= 0.6 is 0 Å². The zero-order valence-corrected chi connectivity index (χ0v) is 28.3. The molecule has 0 radical (unpaired) electrons. The van der Waals surface area contributed by atoms with E-state index in [0.29, 0.717) is 0 Å². The van der Waals surface area contributed by atoms with Gasteiger partial charge in [-0.15, -0.1) is 13.8 Å². The quantitative estimate of drug-likeness (QED) is 0.225. The molecule has 4 heteroatoms. The van der Waals surface area contributed by atoms with Crippen LogP contribution in [0.3, 0.4) is 0 Å². The molecule has 1 saturated heterocycles. The van der Waals surface area contributed by atoms with Crippen molar-refractivity contribution >= 4 is 16.1 Å². The fraction of sp³-hybridized carbons (Fsp3) is 0.714. The van der Waals surface area contributed by atoms with Crippen molar-refractivity contribution in [3.63, 3.8) is 0 Å². The predicted octanol–water partition coefficient (Wildman–Crippen LogP) is 8.74. The summed E-state index contributed by atoms with van der Waals surface area (Å²) in [6.45, 7) is 34.4. The van der Waals surface area contributed by atoms with Crippen molar-refractivity contribution in [2.75, 3.05) is 13.2 Å². The molecule has 0 amide bonds. The van der Waals surface area contributed by atoms with Crippen LogP contribution in [0, 0.1) is 63.4 Å². The molecule has 1 aliphatic heterocycles. The summed E-state index contributed by atoms with van der Waals surface area (Å²) in [6, 6.07) is 0. The van der Waals surface area contributed by atoms with Gasteiger partial charge in [0.2, 0.25) is 0 Å². The molecule has 0 spiro atoms. The van der Waals surface area contributed by atoms with Gasteiger partial charge < -0.3 is 4.74 Å². The maximum absolute atomic E-state index is 4.94. The Balaban J connectivity index is 0.000000482. The molecule has 0 N–H and O–H groups in total. The van der Waals surface area contributed by atoms with Crippen molar-refractivity contribution in [1.29, 1.82) is 0 Å². The van der Waals surface area contributed by atoms with Gasteiger partial charge in [0, 0.05) is 69.7 Å². The largest absolute Gasteiger partial charge is 0.381 e. The van der Waals surface area contributed by atoms with Gasteiger partial charge >= 0.3 is 0 Å². The minimum Gasteiger partial charge on any atom is -0.381 e. The Morgan fingerprint density at radius 1 is 0.625 bits per heavy atom. The zero-order valence-electron chi connectivity index (χ0n) is 23.6. The first-order valence-corrected chi connectivity index (χ1v) is 19.1. The summed E-state index contributed by atoms with van der Waals surface area (Å²) in [4.78, 5) is 0. The predicted molar refractivity (Wildman–Crippen MR) is 145 cm³/mol. The standard InChI is InChI=1S/2C12H21Si.C4H8O.Sm/c2*1-9-10(2)12(3,4)8-11(9)13(5,6)7;1-2-4-5-3-1;/h2*1-7H3;1-4H2;/q2*-1;;. The van der Waals surface area contributed by atoms with Gasteiger partial charge in [0.1, 0.15) is 0 Å². The number of ether oxygens (including phenoxy) is 1. The van der Waals surface area contributed by atoms with E-state index in [1.54, 1.807) is 0 Å². The Kier molecular flexibility index (Phi) is 12.4. The Morgan fingerprint density at radius 2 is 0.906 bits per heavy atom. The number of hydrogen-bond donors (Lipinski definition) is 0. The summed E-state index contributed by atoms with van der Waals surface area (Å²) in [7, 11) is -2.34. The second-order valence-electron chi connectivity index (χ2n) is 12.6. The van der Waals surface area contributed by atoms with Crippen LogP contribution in [0.2, 0.25) is 39.3 Å². The first-order valence-electron chi connectivity index (χ1n) is 12.1. The van der Waals surface area contributed by atoms with Crippen molar-refractivity contribution in [3.8, 4) is 0 Å². The van der Waals surface area contributed by atoms with E-state index in [1.165, 1.54) is 45.5 Å². The Morgan fingerprint density at radius 3 is 1.00 bits per heavy atom. The second kappa shape index (κ2) is 12.1. The molecule has 0 saturated carbocycles. The molecule has 1 nitrogen and oxygen atoms in total. The van der Waals surface area contributed by atoms with Crippen molar-refractivity contribution in [2.24, 2.45) is 10.8 Å². The summed E-state index contributed by atoms with van der Waals surface area (Å²) in [5.41, 5.74) is 6.38. The van der Waals surface area contributed by atoms with E-state index in [9.17, 15) is 0 Å². The third kappa shape index (κ3) is 8.72. The van der Waals surface area contributed by atoms with Crippen molar-refractivity contribution in [1.82, 2.24) is 0 Å². The molecule has 0 aromatic carbocycles. The summed E-state index contributed by atoms with van der Waals surface area (Å²) < 4.78 is 4.94. The van der Waals surface area contributed by atoms with E-state index in [2.05, 4.69) is 107 Å². The molecular formula is C28H50OSi2Sm-2. The van der Waals surface area contributed by atoms with Crippen molar-refractivity contribution < 1.29 is 45.1 Å².